The van der Waals surface area contributed by atoms with Gasteiger partial charge < -0.3 is 24.6 Å². The number of hydrogen-bond acceptors (Lipinski definition) is 8. The molecule has 9 heteroatoms. The number of benzene rings is 1. The lowest BCUT2D eigenvalue weighted by atomic mass is 9.89. The third kappa shape index (κ3) is 5.10. The number of anilines is 2. The van der Waals surface area contributed by atoms with E-state index in [1.807, 2.05) is 38.1 Å². The van der Waals surface area contributed by atoms with Gasteiger partial charge in [-0.2, -0.15) is 4.98 Å². The molecule has 1 fully saturated rings. The Hall–Kier alpha value is -2.36. The van der Waals surface area contributed by atoms with E-state index in [1.54, 1.807) is 0 Å². The number of nitrogens with one attached hydrogen (secondary N) is 1. The fourth-order valence-electron chi connectivity index (χ4n) is 4.44. The van der Waals surface area contributed by atoms with Crippen LogP contribution in [-0.4, -0.2) is 64.2 Å². The van der Waals surface area contributed by atoms with Crippen LogP contribution in [0.5, 0.6) is 0 Å². The van der Waals surface area contributed by atoms with Crippen LogP contribution in [0.25, 0.3) is 0 Å². The van der Waals surface area contributed by atoms with Crippen molar-refractivity contribution in [1.29, 1.82) is 0 Å². The van der Waals surface area contributed by atoms with Gasteiger partial charge >= 0.3 is 5.97 Å². The van der Waals surface area contributed by atoms with E-state index in [2.05, 4.69) is 10.2 Å². The monoisotopic (exact) mass is 472 g/mol. The van der Waals surface area contributed by atoms with Crippen molar-refractivity contribution in [3.63, 3.8) is 0 Å². The highest BCUT2D eigenvalue weighted by Crippen LogP contribution is 2.35. The van der Waals surface area contributed by atoms with E-state index in [-0.39, 0.29) is 24.5 Å². The highest BCUT2D eigenvalue weighted by Gasteiger charge is 2.34. The van der Waals surface area contributed by atoms with Crippen molar-refractivity contribution in [3.05, 3.63) is 41.1 Å². The zero-order valence-corrected chi connectivity index (χ0v) is 20.2. The summed E-state index contributed by atoms with van der Waals surface area (Å²) in [6.45, 7) is 5.70. The Morgan fingerprint density at radius 2 is 1.97 bits per heavy atom. The second-order valence-electron chi connectivity index (χ2n) is 9.00. The van der Waals surface area contributed by atoms with Crippen molar-refractivity contribution in [2.24, 2.45) is 5.92 Å². The van der Waals surface area contributed by atoms with Gasteiger partial charge in [0, 0.05) is 19.5 Å². The number of aryl methyl sites for hydroxylation is 1. The van der Waals surface area contributed by atoms with Gasteiger partial charge in [-0.05, 0) is 53.5 Å². The van der Waals surface area contributed by atoms with Crippen molar-refractivity contribution < 1.29 is 19.2 Å². The average Bonchev–Trinajstić information content (AvgIpc) is 3.22. The van der Waals surface area contributed by atoms with Crippen molar-refractivity contribution >= 4 is 28.9 Å². The van der Waals surface area contributed by atoms with Gasteiger partial charge in [-0.1, -0.05) is 26.0 Å². The van der Waals surface area contributed by atoms with Crippen molar-refractivity contribution in [2.75, 3.05) is 42.8 Å². The van der Waals surface area contributed by atoms with Crippen molar-refractivity contribution in [2.45, 2.75) is 50.0 Å². The molecule has 3 heterocycles. The summed E-state index contributed by atoms with van der Waals surface area (Å²) in [7, 11) is 1.39. The maximum absolute atomic E-state index is 12.6. The number of carbonyl (C=O) groups excluding carboxylic acids is 1. The van der Waals surface area contributed by atoms with Crippen LogP contribution < -0.4 is 10.2 Å². The van der Waals surface area contributed by atoms with Gasteiger partial charge in [-0.3, -0.25) is 0 Å². The lowest BCUT2D eigenvalue weighted by Crippen LogP contribution is -2.35. The van der Waals surface area contributed by atoms with E-state index in [4.69, 9.17) is 14.7 Å². The molecule has 2 N–H and O–H groups in total. The number of esters is 1. The predicted octanol–water partition coefficient (Wildman–Crippen LogP) is 2.74. The molecule has 1 aromatic carbocycles. The first kappa shape index (κ1) is 23.8. The Morgan fingerprint density at radius 1 is 1.27 bits per heavy atom. The third-order valence-corrected chi connectivity index (χ3v) is 8.04. The zero-order chi connectivity index (χ0) is 23.5. The van der Waals surface area contributed by atoms with Crippen LogP contribution in [0.1, 0.15) is 54.2 Å². The molecule has 1 unspecified atom stereocenters. The number of aliphatic hydroxyl groups is 1. The fraction of sp³-hybridized carbons (Fsp3) is 0.542. The Morgan fingerprint density at radius 3 is 2.58 bits per heavy atom. The van der Waals surface area contributed by atoms with Crippen LogP contribution in [0.4, 0.5) is 11.8 Å². The van der Waals surface area contributed by atoms with Gasteiger partial charge in [0.1, 0.15) is 11.4 Å². The Balaban J connectivity index is 1.49. The van der Waals surface area contributed by atoms with Crippen LogP contribution in [-0.2, 0) is 22.3 Å². The predicted molar refractivity (Wildman–Crippen MR) is 128 cm³/mol. The van der Waals surface area contributed by atoms with E-state index < -0.39 is 11.2 Å². The first-order valence-electron chi connectivity index (χ1n) is 11.5. The summed E-state index contributed by atoms with van der Waals surface area (Å²) in [4.78, 5) is 24.1. The molecular weight excluding hydrogens is 440 g/mol. The number of aliphatic hydroxyl groups excluding tert-OH is 1. The number of rotatable bonds is 7. The molecule has 0 saturated carbocycles. The second-order valence-corrected chi connectivity index (χ2v) is 10.5. The fourth-order valence-corrected chi connectivity index (χ4v) is 5.76. The summed E-state index contributed by atoms with van der Waals surface area (Å²) < 4.78 is 17.4. The van der Waals surface area contributed by atoms with E-state index >= 15 is 0 Å². The minimum absolute atomic E-state index is 0.0153. The number of aromatic nitrogens is 2. The molecule has 0 bridgehead atoms. The number of fused-ring (bicyclic) bond motifs is 1. The van der Waals surface area contributed by atoms with Gasteiger partial charge in [0.2, 0.25) is 10.8 Å². The van der Waals surface area contributed by atoms with E-state index in [9.17, 15) is 14.5 Å². The molecule has 2 aliphatic rings. The zero-order valence-electron chi connectivity index (χ0n) is 19.4. The SMILES string of the molecule is COC(=O)c1ccc(C2CCN(c3nc4c(c(N[C@@H](CO)C(C)C)n3)[S+]([O-])CC4)CC2)cc1. The second kappa shape index (κ2) is 10.3. The largest absolute Gasteiger partial charge is 0.611 e. The molecule has 4 rings (SSSR count). The summed E-state index contributed by atoms with van der Waals surface area (Å²) >= 11 is -1.11. The molecular formula is C24H32N4O4S. The molecule has 2 aliphatic heterocycles. The van der Waals surface area contributed by atoms with Gasteiger partial charge in [0.25, 0.3) is 0 Å². The van der Waals surface area contributed by atoms with Gasteiger partial charge in [0.05, 0.1) is 25.3 Å². The Bertz CT molecular complexity index is 977. The lowest BCUT2D eigenvalue weighted by molar-refractivity contribution is 0.0600. The standard InChI is InChI=1S/C24H32N4O4S/c1-15(2)20(14-29)25-22-21-19(10-13-33(21)31)26-24(27-22)28-11-8-17(9-12-28)16-4-6-18(7-5-16)23(30)32-3/h4-7,15,17,20,29H,8-14H2,1-3H3,(H,25,26,27)/t20-,33?/m0/s1. The van der Waals surface area contributed by atoms with Crippen LogP contribution in [0.15, 0.2) is 29.2 Å². The summed E-state index contributed by atoms with van der Waals surface area (Å²) in [6, 6.07) is 7.50. The smallest absolute Gasteiger partial charge is 0.337 e. The van der Waals surface area contributed by atoms with Crippen LogP contribution >= 0.6 is 0 Å². The van der Waals surface area contributed by atoms with Crippen molar-refractivity contribution in [1.82, 2.24) is 9.97 Å². The summed E-state index contributed by atoms with van der Waals surface area (Å²) in [5.41, 5.74) is 2.63. The van der Waals surface area contributed by atoms with E-state index in [0.717, 1.165) is 31.6 Å². The maximum atomic E-state index is 12.6. The summed E-state index contributed by atoms with van der Waals surface area (Å²) in [5.74, 6) is 2.12. The molecule has 0 spiro atoms. The van der Waals surface area contributed by atoms with Gasteiger partial charge in [-0.25, -0.2) is 9.78 Å². The van der Waals surface area contributed by atoms with E-state index in [0.29, 0.717) is 40.3 Å². The molecule has 0 radical (unpaired) electrons. The van der Waals surface area contributed by atoms with Crippen LogP contribution in [0, 0.1) is 5.92 Å². The molecule has 1 saturated heterocycles. The summed E-state index contributed by atoms with van der Waals surface area (Å²) in [5, 5.41) is 13.1. The molecule has 8 nitrogen and oxygen atoms in total. The minimum atomic E-state index is -1.11. The summed E-state index contributed by atoms with van der Waals surface area (Å²) in [6.07, 6.45) is 2.59. The molecule has 33 heavy (non-hydrogen) atoms. The quantitative estimate of drug-likeness (QED) is 0.468. The number of nitrogens with zero attached hydrogens (tertiary/aromatic N) is 3. The number of piperidine rings is 1. The van der Waals surface area contributed by atoms with Gasteiger partial charge in [0.15, 0.2) is 5.82 Å². The number of hydrogen-bond donors (Lipinski definition) is 2. The molecule has 178 valence electrons. The highest BCUT2D eigenvalue weighted by atomic mass is 32.2. The average molecular weight is 473 g/mol. The lowest BCUT2D eigenvalue weighted by Gasteiger charge is -2.33. The number of ether oxygens (including phenoxy) is 1. The molecule has 0 aliphatic carbocycles. The third-order valence-electron chi connectivity index (χ3n) is 6.58. The molecule has 1 aromatic heterocycles. The Kier molecular flexibility index (Phi) is 7.41. The van der Waals surface area contributed by atoms with E-state index in [1.165, 1.54) is 12.7 Å². The molecule has 2 atom stereocenters. The van der Waals surface area contributed by atoms with Gasteiger partial charge in [-0.15, -0.1) is 0 Å². The normalized spacial score (nSPS) is 19.5. The van der Waals surface area contributed by atoms with Crippen molar-refractivity contribution in [3.8, 4) is 0 Å². The highest BCUT2D eigenvalue weighted by molar-refractivity contribution is 7.91. The van der Waals surface area contributed by atoms with Crippen LogP contribution in [0.3, 0.4) is 0 Å². The number of methoxy groups -OCH3 is 1. The number of carbonyl (C=O) groups is 1. The first-order chi connectivity index (χ1) is 15.9. The first-order valence-corrected chi connectivity index (χ1v) is 12.8. The maximum Gasteiger partial charge on any atom is 0.337 e. The minimum Gasteiger partial charge on any atom is -0.611 e. The Labute approximate surface area is 197 Å². The van der Waals surface area contributed by atoms with Crippen LogP contribution in [0.2, 0.25) is 0 Å². The molecule has 2 aromatic rings. The molecule has 0 amide bonds. The topological polar surface area (TPSA) is 111 Å².